The van der Waals surface area contributed by atoms with E-state index >= 15 is 0 Å². The van der Waals surface area contributed by atoms with Crippen LogP contribution < -0.4 is 15.4 Å². The Labute approximate surface area is 184 Å². The summed E-state index contributed by atoms with van der Waals surface area (Å²) in [6.45, 7) is 3.46. The van der Waals surface area contributed by atoms with Crippen LogP contribution >= 0.6 is 0 Å². The third-order valence-electron chi connectivity index (χ3n) is 4.66. The molecular formula is C23H21FN6O2. The highest BCUT2D eigenvalue weighted by Gasteiger charge is 2.16. The first-order chi connectivity index (χ1) is 15.5. The number of aryl methyl sites for hydroxylation is 1. The maximum Gasteiger partial charge on any atom is 0.265 e. The smallest absolute Gasteiger partial charge is 0.265 e. The second-order valence-corrected chi connectivity index (χ2v) is 6.99. The van der Waals surface area contributed by atoms with Crippen LogP contribution in [0, 0.1) is 12.7 Å². The van der Waals surface area contributed by atoms with Crippen molar-refractivity contribution in [1.29, 1.82) is 0 Å². The lowest BCUT2D eigenvalue weighted by Gasteiger charge is -2.15. The minimum absolute atomic E-state index is 0.0322. The molecule has 2 heterocycles. The maximum absolute atomic E-state index is 13.7. The van der Waals surface area contributed by atoms with E-state index in [1.807, 2.05) is 35.9 Å². The van der Waals surface area contributed by atoms with Crippen LogP contribution in [-0.2, 0) is 4.79 Å². The lowest BCUT2D eigenvalue weighted by atomic mass is 10.2. The average Bonchev–Trinajstić information content (AvgIpc) is 3.23. The molecule has 4 aromatic rings. The van der Waals surface area contributed by atoms with E-state index in [1.54, 1.807) is 37.4 Å². The van der Waals surface area contributed by atoms with Crippen LogP contribution in [0.3, 0.4) is 0 Å². The Balaban J connectivity index is 1.38. The Hall–Kier alpha value is -4.27. The number of rotatable bonds is 7. The second kappa shape index (κ2) is 9.25. The first-order valence-electron chi connectivity index (χ1n) is 9.91. The number of nitrogens with zero attached hydrogens (tertiary/aromatic N) is 4. The molecule has 0 bridgehead atoms. The van der Waals surface area contributed by atoms with E-state index in [1.165, 1.54) is 18.5 Å². The van der Waals surface area contributed by atoms with Crippen LogP contribution in [0.2, 0.25) is 0 Å². The van der Waals surface area contributed by atoms with Crippen LogP contribution in [0.15, 0.2) is 73.3 Å². The zero-order valence-corrected chi connectivity index (χ0v) is 17.5. The van der Waals surface area contributed by atoms with Crippen molar-refractivity contribution in [3.05, 3.63) is 85.0 Å². The third-order valence-corrected chi connectivity index (χ3v) is 4.66. The van der Waals surface area contributed by atoms with Crippen LogP contribution in [0.4, 0.5) is 21.6 Å². The minimum Gasteiger partial charge on any atom is -0.478 e. The summed E-state index contributed by atoms with van der Waals surface area (Å²) >= 11 is 0. The Kier molecular flexibility index (Phi) is 6.07. The van der Waals surface area contributed by atoms with Gasteiger partial charge in [-0.15, -0.1) is 0 Å². The molecule has 0 saturated carbocycles. The first-order valence-corrected chi connectivity index (χ1v) is 9.91. The normalized spacial score (nSPS) is 11.6. The van der Waals surface area contributed by atoms with Gasteiger partial charge in [0.05, 0.1) is 0 Å². The van der Waals surface area contributed by atoms with Gasteiger partial charge in [0.25, 0.3) is 5.91 Å². The molecule has 8 nitrogen and oxygen atoms in total. The molecule has 0 unspecified atom stereocenters. The topological polar surface area (TPSA) is 94.0 Å². The van der Waals surface area contributed by atoms with E-state index in [0.29, 0.717) is 17.3 Å². The molecule has 9 heteroatoms. The van der Waals surface area contributed by atoms with Gasteiger partial charge in [-0.05, 0) is 50.2 Å². The lowest BCUT2D eigenvalue weighted by Crippen LogP contribution is -2.30. The van der Waals surface area contributed by atoms with E-state index in [0.717, 1.165) is 11.5 Å². The number of hydrogen-bond donors (Lipinski definition) is 2. The lowest BCUT2D eigenvalue weighted by molar-refractivity contribution is -0.122. The summed E-state index contributed by atoms with van der Waals surface area (Å²) in [5, 5.41) is 5.96. The molecule has 0 aliphatic rings. The highest BCUT2D eigenvalue weighted by molar-refractivity contribution is 5.94. The van der Waals surface area contributed by atoms with Gasteiger partial charge in [0, 0.05) is 29.8 Å². The molecule has 2 N–H and O–H groups in total. The number of carbonyl (C=O) groups is 1. The van der Waals surface area contributed by atoms with E-state index in [2.05, 4.69) is 25.6 Å². The largest absolute Gasteiger partial charge is 0.478 e. The number of anilines is 3. The van der Waals surface area contributed by atoms with Crippen molar-refractivity contribution in [1.82, 2.24) is 19.5 Å². The van der Waals surface area contributed by atoms with Crippen molar-refractivity contribution in [3.63, 3.8) is 0 Å². The van der Waals surface area contributed by atoms with Crippen LogP contribution in [-0.4, -0.2) is 31.5 Å². The molecular weight excluding hydrogens is 411 g/mol. The van der Waals surface area contributed by atoms with Gasteiger partial charge in [-0.25, -0.2) is 19.3 Å². The molecule has 0 fully saturated rings. The predicted octanol–water partition coefficient (Wildman–Crippen LogP) is 4.26. The fourth-order valence-electron chi connectivity index (χ4n) is 2.98. The monoisotopic (exact) mass is 432 g/mol. The standard InChI is InChI=1S/C23H21FN6O2/c1-15(32-20-6-4-3-5-19(20)24)23(31)29-18-9-7-17(8-10-18)28-21-13-22(27-14-26-21)30-12-11-25-16(30)2/h3-15H,1-2H3,(H,29,31)(H,26,27,28)/t15-/m0/s1. The van der Waals surface area contributed by atoms with E-state index in [-0.39, 0.29) is 11.7 Å². The van der Waals surface area contributed by atoms with E-state index < -0.39 is 11.9 Å². The zero-order valence-electron chi connectivity index (χ0n) is 17.5. The Bertz CT molecular complexity index is 1230. The summed E-state index contributed by atoms with van der Waals surface area (Å²) in [4.78, 5) is 25.1. The molecule has 32 heavy (non-hydrogen) atoms. The quantitative estimate of drug-likeness (QED) is 0.453. The van der Waals surface area contributed by atoms with Crippen molar-refractivity contribution >= 4 is 23.1 Å². The number of amides is 1. The van der Waals surface area contributed by atoms with Crippen molar-refractivity contribution < 1.29 is 13.9 Å². The Morgan fingerprint density at radius 2 is 1.81 bits per heavy atom. The number of hydrogen-bond acceptors (Lipinski definition) is 6. The molecule has 0 saturated heterocycles. The van der Waals surface area contributed by atoms with Crippen LogP contribution in [0.25, 0.3) is 5.82 Å². The number of ether oxygens (including phenoxy) is 1. The average molecular weight is 432 g/mol. The number of benzene rings is 2. The highest BCUT2D eigenvalue weighted by atomic mass is 19.1. The molecule has 0 spiro atoms. The van der Waals surface area contributed by atoms with Crippen molar-refractivity contribution in [2.75, 3.05) is 10.6 Å². The number of halogens is 1. The highest BCUT2D eigenvalue weighted by Crippen LogP contribution is 2.20. The molecule has 0 radical (unpaired) electrons. The number of nitrogens with one attached hydrogen (secondary N) is 2. The Morgan fingerprint density at radius 3 is 2.53 bits per heavy atom. The second-order valence-electron chi connectivity index (χ2n) is 6.99. The van der Waals surface area contributed by atoms with Gasteiger partial charge in [0.15, 0.2) is 17.7 Å². The van der Waals surface area contributed by atoms with Gasteiger partial charge in [-0.2, -0.15) is 0 Å². The van der Waals surface area contributed by atoms with Crippen molar-refractivity contribution in [2.24, 2.45) is 0 Å². The molecule has 0 aliphatic carbocycles. The summed E-state index contributed by atoms with van der Waals surface area (Å²) in [5.74, 6) is 1.27. The summed E-state index contributed by atoms with van der Waals surface area (Å²) in [7, 11) is 0. The zero-order chi connectivity index (χ0) is 22.5. The third kappa shape index (κ3) is 4.89. The molecule has 1 amide bonds. The summed E-state index contributed by atoms with van der Waals surface area (Å²) in [6, 6.07) is 14.9. The number of para-hydroxylation sites is 1. The molecule has 4 rings (SSSR count). The summed E-state index contributed by atoms with van der Waals surface area (Å²) in [6.07, 6.45) is 4.15. The number of carbonyl (C=O) groups excluding carboxylic acids is 1. The van der Waals surface area contributed by atoms with Gasteiger partial charge in [-0.3, -0.25) is 9.36 Å². The van der Waals surface area contributed by atoms with Crippen molar-refractivity contribution in [3.8, 4) is 11.6 Å². The Morgan fingerprint density at radius 1 is 1.06 bits per heavy atom. The first kappa shape index (κ1) is 21.0. The van der Waals surface area contributed by atoms with Gasteiger partial charge in [0.2, 0.25) is 0 Å². The summed E-state index contributed by atoms with van der Waals surface area (Å²) in [5.41, 5.74) is 1.37. The molecule has 162 valence electrons. The fourth-order valence-corrected chi connectivity index (χ4v) is 2.98. The van der Waals surface area contributed by atoms with Gasteiger partial charge in [-0.1, -0.05) is 12.1 Å². The SMILES string of the molecule is Cc1nccn1-c1cc(Nc2ccc(NC(=O)[C@H](C)Oc3ccccc3F)cc2)ncn1. The summed E-state index contributed by atoms with van der Waals surface area (Å²) < 4.78 is 21.0. The van der Waals surface area contributed by atoms with E-state index in [9.17, 15) is 9.18 Å². The molecule has 0 aliphatic heterocycles. The molecule has 2 aromatic heterocycles. The van der Waals surface area contributed by atoms with Gasteiger partial charge >= 0.3 is 0 Å². The van der Waals surface area contributed by atoms with Crippen LogP contribution in [0.1, 0.15) is 12.7 Å². The number of imidazole rings is 1. The number of aromatic nitrogens is 4. The van der Waals surface area contributed by atoms with Crippen molar-refractivity contribution in [2.45, 2.75) is 20.0 Å². The van der Waals surface area contributed by atoms with Gasteiger partial charge < -0.3 is 15.4 Å². The minimum atomic E-state index is -0.865. The van der Waals surface area contributed by atoms with Gasteiger partial charge in [0.1, 0.15) is 23.8 Å². The maximum atomic E-state index is 13.7. The van der Waals surface area contributed by atoms with Crippen LogP contribution in [0.5, 0.6) is 5.75 Å². The predicted molar refractivity (Wildman–Crippen MR) is 119 cm³/mol. The fraction of sp³-hybridized carbons (Fsp3) is 0.130. The van der Waals surface area contributed by atoms with E-state index in [4.69, 9.17) is 4.74 Å². The molecule has 1 atom stereocenters. The molecule has 2 aromatic carbocycles.